The van der Waals surface area contributed by atoms with Crippen molar-refractivity contribution in [1.29, 1.82) is 0 Å². The smallest absolute Gasteiger partial charge is 0.270 e. The lowest BCUT2D eigenvalue weighted by Gasteiger charge is -2.46. The van der Waals surface area contributed by atoms with Crippen LogP contribution in [0, 0.1) is 24.7 Å². The molecule has 2 aromatic heterocycles. The van der Waals surface area contributed by atoms with Crippen LogP contribution in [0.15, 0.2) is 36.5 Å². The van der Waals surface area contributed by atoms with Gasteiger partial charge in [0, 0.05) is 24.5 Å². The Bertz CT molecular complexity index is 1170. The standard InChI is InChI=1S/C26H33N7O2/c1-15-21(24(27)32-31-15)18-9-11-19(12-10-18)29-26(35)23(30-25(34)20-13-14-28-33(20)2)22(16-5-3-6-16)17-7-4-8-17/h9-14,16-17,22-23H,3-8H2,1-2H3,(H,29,35)(H,30,34)(H3,27,31,32). The molecule has 2 aliphatic carbocycles. The number of nitrogens with zero attached hydrogens (tertiary/aromatic N) is 3. The number of nitrogens with two attached hydrogens (primary N) is 1. The highest BCUT2D eigenvalue weighted by Gasteiger charge is 2.44. The van der Waals surface area contributed by atoms with E-state index in [0.717, 1.165) is 42.5 Å². The highest BCUT2D eigenvalue weighted by atomic mass is 16.2. The van der Waals surface area contributed by atoms with Crippen molar-refractivity contribution in [3.8, 4) is 11.1 Å². The van der Waals surface area contributed by atoms with Crippen LogP contribution >= 0.6 is 0 Å². The number of hydrogen-bond donors (Lipinski definition) is 4. The molecule has 2 fully saturated rings. The van der Waals surface area contributed by atoms with Gasteiger partial charge in [-0.1, -0.05) is 50.7 Å². The molecule has 1 atom stereocenters. The number of carbonyl (C=O) groups excluding carboxylic acids is 2. The van der Waals surface area contributed by atoms with Crippen LogP contribution in [-0.4, -0.2) is 37.8 Å². The van der Waals surface area contributed by atoms with Gasteiger partial charge in [-0.2, -0.15) is 10.2 Å². The van der Waals surface area contributed by atoms with E-state index in [1.165, 1.54) is 17.5 Å². The molecule has 0 saturated heterocycles. The van der Waals surface area contributed by atoms with Gasteiger partial charge in [-0.3, -0.25) is 19.4 Å². The van der Waals surface area contributed by atoms with E-state index in [1.807, 2.05) is 31.2 Å². The molecular formula is C26H33N7O2. The van der Waals surface area contributed by atoms with Gasteiger partial charge in [-0.25, -0.2) is 0 Å². The Balaban J connectivity index is 1.38. The van der Waals surface area contributed by atoms with Gasteiger partial charge in [0.15, 0.2) is 0 Å². The summed E-state index contributed by atoms with van der Waals surface area (Å²) < 4.78 is 1.54. The zero-order chi connectivity index (χ0) is 24.5. The predicted molar refractivity (Wildman–Crippen MR) is 134 cm³/mol. The summed E-state index contributed by atoms with van der Waals surface area (Å²) in [5, 5.41) is 17.2. The predicted octanol–water partition coefficient (Wildman–Crippen LogP) is 3.65. The average Bonchev–Trinajstić information content (AvgIpc) is 3.34. The minimum Gasteiger partial charge on any atom is -0.384 e. The van der Waals surface area contributed by atoms with Gasteiger partial charge < -0.3 is 16.4 Å². The van der Waals surface area contributed by atoms with Gasteiger partial charge in [0.1, 0.15) is 17.6 Å². The van der Waals surface area contributed by atoms with Crippen LogP contribution in [0.1, 0.15) is 54.7 Å². The Hall–Kier alpha value is -3.62. The summed E-state index contributed by atoms with van der Waals surface area (Å²) in [6, 6.07) is 8.64. The quantitative estimate of drug-likeness (QED) is 0.395. The number of benzene rings is 1. The van der Waals surface area contributed by atoms with E-state index < -0.39 is 6.04 Å². The van der Waals surface area contributed by atoms with Crippen LogP contribution < -0.4 is 16.4 Å². The van der Waals surface area contributed by atoms with Crippen molar-refractivity contribution in [1.82, 2.24) is 25.3 Å². The first kappa shape index (κ1) is 23.1. The van der Waals surface area contributed by atoms with Crippen molar-refractivity contribution >= 4 is 23.3 Å². The lowest BCUT2D eigenvalue weighted by atomic mass is 9.62. The SMILES string of the molecule is Cc1n[nH]c(N)c1-c1ccc(NC(=O)C(NC(=O)c2ccnn2C)C(C2CCC2)C2CCC2)cc1. The number of hydrogen-bond acceptors (Lipinski definition) is 5. The van der Waals surface area contributed by atoms with Gasteiger partial charge in [-0.15, -0.1) is 0 Å². The fraction of sp³-hybridized carbons (Fsp3) is 0.462. The number of anilines is 2. The number of H-pyrrole nitrogens is 1. The third-order valence-corrected chi connectivity index (χ3v) is 7.81. The molecule has 5 N–H and O–H groups in total. The van der Waals surface area contributed by atoms with Gasteiger partial charge in [-0.05, 0) is 48.4 Å². The fourth-order valence-corrected chi connectivity index (χ4v) is 5.48. The molecular weight excluding hydrogens is 442 g/mol. The molecule has 1 unspecified atom stereocenters. The zero-order valence-corrected chi connectivity index (χ0v) is 20.3. The molecule has 1 aromatic carbocycles. The summed E-state index contributed by atoms with van der Waals surface area (Å²) in [6.45, 7) is 1.90. The molecule has 0 aliphatic heterocycles. The molecule has 3 aromatic rings. The van der Waals surface area contributed by atoms with Crippen LogP contribution in [-0.2, 0) is 11.8 Å². The number of aromatic nitrogens is 4. The highest BCUT2D eigenvalue weighted by molar-refractivity contribution is 6.01. The topological polar surface area (TPSA) is 131 Å². The molecule has 184 valence electrons. The number of aryl methyl sites for hydroxylation is 2. The summed E-state index contributed by atoms with van der Waals surface area (Å²) >= 11 is 0. The molecule has 2 amide bonds. The first-order chi connectivity index (χ1) is 16.9. The zero-order valence-electron chi connectivity index (χ0n) is 20.3. The molecule has 0 radical (unpaired) electrons. The molecule has 35 heavy (non-hydrogen) atoms. The maximum atomic E-state index is 13.7. The summed E-state index contributed by atoms with van der Waals surface area (Å²) in [6.07, 6.45) is 8.44. The van der Waals surface area contributed by atoms with E-state index in [1.54, 1.807) is 19.3 Å². The second-order valence-corrected chi connectivity index (χ2v) is 9.91. The lowest BCUT2D eigenvalue weighted by Crippen LogP contribution is -2.54. The number of nitrogens with one attached hydrogen (secondary N) is 3. The molecule has 2 saturated carbocycles. The Kier molecular flexibility index (Phi) is 6.32. The van der Waals surface area contributed by atoms with E-state index in [4.69, 9.17) is 5.73 Å². The summed E-state index contributed by atoms with van der Waals surface area (Å²) in [4.78, 5) is 26.8. The van der Waals surface area contributed by atoms with Crippen LogP contribution in [0.4, 0.5) is 11.5 Å². The highest BCUT2D eigenvalue weighted by Crippen LogP contribution is 2.46. The van der Waals surface area contributed by atoms with Crippen molar-refractivity contribution in [3.63, 3.8) is 0 Å². The molecule has 0 bridgehead atoms. The fourth-order valence-electron chi connectivity index (χ4n) is 5.48. The van der Waals surface area contributed by atoms with Crippen molar-refractivity contribution < 1.29 is 9.59 Å². The largest absolute Gasteiger partial charge is 0.384 e. The van der Waals surface area contributed by atoms with Gasteiger partial charge in [0.25, 0.3) is 5.91 Å². The Morgan fingerprint density at radius 3 is 2.23 bits per heavy atom. The van der Waals surface area contributed by atoms with E-state index >= 15 is 0 Å². The summed E-state index contributed by atoms with van der Waals surface area (Å²) in [5.74, 6) is 1.16. The minimum absolute atomic E-state index is 0.141. The first-order valence-corrected chi connectivity index (χ1v) is 12.4. The summed E-state index contributed by atoms with van der Waals surface area (Å²) in [5.41, 5.74) is 9.75. The second-order valence-electron chi connectivity index (χ2n) is 9.91. The van der Waals surface area contributed by atoms with Gasteiger partial charge >= 0.3 is 0 Å². The third-order valence-electron chi connectivity index (χ3n) is 7.81. The Morgan fingerprint density at radius 2 is 1.74 bits per heavy atom. The van der Waals surface area contributed by atoms with Crippen molar-refractivity contribution in [3.05, 3.63) is 47.9 Å². The first-order valence-electron chi connectivity index (χ1n) is 12.4. The van der Waals surface area contributed by atoms with E-state index in [9.17, 15) is 9.59 Å². The van der Waals surface area contributed by atoms with Crippen LogP contribution in [0.5, 0.6) is 0 Å². The van der Waals surface area contributed by atoms with Crippen molar-refractivity contribution in [2.45, 2.75) is 51.5 Å². The van der Waals surface area contributed by atoms with Crippen LogP contribution in [0.3, 0.4) is 0 Å². The van der Waals surface area contributed by atoms with Crippen molar-refractivity contribution in [2.75, 3.05) is 11.1 Å². The lowest BCUT2D eigenvalue weighted by molar-refractivity contribution is -0.121. The van der Waals surface area contributed by atoms with Crippen LogP contribution in [0.25, 0.3) is 11.1 Å². The minimum atomic E-state index is -0.598. The molecule has 5 rings (SSSR count). The Morgan fingerprint density at radius 1 is 1.09 bits per heavy atom. The van der Waals surface area contributed by atoms with Gasteiger partial charge in [0.05, 0.1) is 5.69 Å². The molecule has 0 spiro atoms. The third kappa shape index (κ3) is 4.54. The van der Waals surface area contributed by atoms with Crippen LogP contribution in [0.2, 0.25) is 0 Å². The van der Waals surface area contributed by atoms with E-state index in [0.29, 0.717) is 29.0 Å². The number of aromatic amines is 1. The molecule has 9 nitrogen and oxygen atoms in total. The molecule has 2 aliphatic rings. The van der Waals surface area contributed by atoms with Crippen molar-refractivity contribution in [2.24, 2.45) is 24.8 Å². The average molecular weight is 476 g/mol. The number of rotatable bonds is 8. The molecule has 2 heterocycles. The normalized spacial score (nSPS) is 17.0. The maximum absolute atomic E-state index is 13.7. The molecule has 9 heteroatoms. The number of nitrogen functional groups attached to an aromatic ring is 1. The summed E-state index contributed by atoms with van der Waals surface area (Å²) in [7, 11) is 1.73. The second kappa shape index (κ2) is 9.56. The maximum Gasteiger partial charge on any atom is 0.270 e. The monoisotopic (exact) mass is 475 g/mol. The number of carbonyl (C=O) groups is 2. The number of amides is 2. The van der Waals surface area contributed by atoms with E-state index in [-0.39, 0.29) is 17.7 Å². The van der Waals surface area contributed by atoms with Gasteiger partial charge in [0.2, 0.25) is 5.91 Å². The Labute approximate surface area is 204 Å². The van der Waals surface area contributed by atoms with E-state index in [2.05, 4.69) is 25.9 Å².